The number of rotatable bonds is 38. The highest BCUT2D eigenvalue weighted by Crippen LogP contribution is 2.24. The molecular weight excluding hydrogens is 989 g/mol. The summed E-state index contributed by atoms with van der Waals surface area (Å²) >= 11 is 0. The summed E-state index contributed by atoms with van der Waals surface area (Å²) in [5.41, 5.74) is 3.38. The van der Waals surface area contributed by atoms with Crippen LogP contribution in [-0.2, 0) is 6.42 Å². The number of unbranched alkanes of at least 4 members (excludes halogenated alkanes) is 22. The van der Waals surface area contributed by atoms with Crippen LogP contribution in [-0.4, -0.2) is 37.1 Å². The fourth-order valence-corrected chi connectivity index (χ4v) is 9.21. The zero-order valence-electron chi connectivity index (χ0n) is 47.0. The van der Waals surface area contributed by atoms with Crippen LogP contribution < -0.4 is 28.4 Å². The molecule has 0 unspecified atom stereocenters. The lowest BCUT2D eigenvalue weighted by molar-refractivity contribution is 0.0720. The highest BCUT2D eigenvalue weighted by molar-refractivity contribution is 5.94. The van der Waals surface area contributed by atoms with Gasteiger partial charge in [0.25, 0.3) is 0 Å². The first-order valence-corrected chi connectivity index (χ1v) is 29.5. The lowest BCUT2D eigenvalue weighted by Gasteiger charge is -2.09. The number of ether oxygens (including phenoxy) is 6. The van der Waals surface area contributed by atoms with Gasteiger partial charge in [0, 0.05) is 0 Å². The fraction of sp³-hybridized carbons (Fsp3) is 0.420. The first-order chi connectivity index (χ1) is 38.8. The lowest BCUT2D eigenvalue weighted by Crippen LogP contribution is -2.10. The van der Waals surface area contributed by atoms with Crippen molar-refractivity contribution in [2.75, 3.05) is 13.2 Å². The van der Waals surface area contributed by atoms with Crippen LogP contribution in [0, 0.1) is 0 Å². The molecule has 0 bridgehead atoms. The highest BCUT2D eigenvalue weighted by atomic mass is 16.5. The van der Waals surface area contributed by atoms with E-state index in [4.69, 9.17) is 28.4 Å². The Morgan fingerprint density at radius 2 is 0.456 bits per heavy atom. The molecule has 6 aromatic rings. The van der Waals surface area contributed by atoms with Crippen LogP contribution in [0.25, 0.3) is 0 Å². The number of carbonyl (C=O) groups excluding carboxylic acids is 4. The van der Waals surface area contributed by atoms with Crippen LogP contribution in [0.2, 0.25) is 0 Å². The summed E-state index contributed by atoms with van der Waals surface area (Å²) in [6.45, 7) is 5.82. The summed E-state index contributed by atoms with van der Waals surface area (Å²) in [7, 11) is 0. The van der Waals surface area contributed by atoms with Gasteiger partial charge in [0.15, 0.2) is 0 Å². The highest BCUT2D eigenvalue weighted by Gasteiger charge is 2.15. The van der Waals surface area contributed by atoms with Gasteiger partial charge in [0.1, 0.15) is 34.5 Å². The van der Waals surface area contributed by atoms with E-state index < -0.39 is 23.9 Å². The molecule has 0 aliphatic carbocycles. The van der Waals surface area contributed by atoms with E-state index in [1.165, 1.54) is 128 Å². The maximum Gasteiger partial charge on any atom is 0.343 e. The molecule has 0 atom stereocenters. The van der Waals surface area contributed by atoms with Crippen molar-refractivity contribution >= 4 is 23.9 Å². The monoisotopic (exact) mass is 1070 g/mol. The predicted molar refractivity (Wildman–Crippen MR) is 314 cm³/mol. The van der Waals surface area contributed by atoms with Crippen molar-refractivity contribution in [1.29, 1.82) is 0 Å². The SMILES string of the molecule is CCCCCCCCCCCCCCOc1ccc(C(=O)Oc2ccc(C(=O)Oc3ccc(Cc4ccc(OC(=O)c5ccc(OC(=O)c6ccc(OCCCCCCCCCCCCCC)cc6)cc5)cc4)cc3)cc2)cc1. The van der Waals surface area contributed by atoms with Crippen LogP contribution in [0.1, 0.15) is 221 Å². The average Bonchev–Trinajstić information content (AvgIpc) is 3.47. The summed E-state index contributed by atoms with van der Waals surface area (Å²) in [6.07, 6.45) is 31.7. The van der Waals surface area contributed by atoms with Gasteiger partial charge in [-0.15, -0.1) is 0 Å². The van der Waals surface area contributed by atoms with Crippen molar-refractivity contribution < 1.29 is 47.6 Å². The van der Waals surface area contributed by atoms with Gasteiger partial charge >= 0.3 is 23.9 Å². The molecule has 0 heterocycles. The third-order valence-electron chi connectivity index (χ3n) is 14.0. The smallest absolute Gasteiger partial charge is 0.343 e. The minimum atomic E-state index is -0.545. The zero-order valence-corrected chi connectivity index (χ0v) is 47.0. The van der Waals surface area contributed by atoms with Crippen molar-refractivity contribution in [3.8, 4) is 34.5 Å². The normalized spacial score (nSPS) is 11.0. The molecule has 0 saturated heterocycles. The maximum atomic E-state index is 13.0. The Bertz CT molecular complexity index is 2470. The first-order valence-electron chi connectivity index (χ1n) is 29.5. The third-order valence-corrected chi connectivity index (χ3v) is 14.0. The maximum absolute atomic E-state index is 13.0. The lowest BCUT2D eigenvalue weighted by atomic mass is 10.0. The van der Waals surface area contributed by atoms with Gasteiger partial charge < -0.3 is 28.4 Å². The third kappa shape index (κ3) is 23.7. The van der Waals surface area contributed by atoms with Crippen LogP contribution >= 0.6 is 0 Å². The second kappa shape index (κ2) is 36.1. The molecule has 0 amide bonds. The van der Waals surface area contributed by atoms with Crippen LogP contribution in [0.3, 0.4) is 0 Å². The second-order valence-electron chi connectivity index (χ2n) is 20.6. The van der Waals surface area contributed by atoms with E-state index in [2.05, 4.69) is 13.8 Å². The molecular formula is C69H84O10. The number of hydrogen-bond donors (Lipinski definition) is 0. The Balaban J connectivity index is 0.822. The van der Waals surface area contributed by atoms with Gasteiger partial charge in [-0.25, -0.2) is 19.2 Å². The summed E-state index contributed by atoms with van der Waals surface area (Å²) in [5.74, 6) is 0.712. The molecule has 0 saturated carbocycles. The largest absolute Gasteiger partial charge is 0.494 e. The van der Waals surface area contributed by atoms with Crippen molar-refractivity contribution in [2.24, 2.45) is 0 Å². The number of esters is 4. The van der Waals surface area contributed by atoms with E-state index in [1.54, 1.807) is 121 Å². The zero-order chi connectivity index (χ0) is 55.5. The number of hydrogen-bond acceptors (Lipinski definition) is 10. The molecule has 0 aliphatic rings. The second-order valence-corrected chi connectivity index (χ2v) is 20.6. The Morgan fingerprint density at radius 3 is 0.696 bits per heavy atom. The van der Waals surface area contributed by atoms with E-state index in [0.717, 1.165) is 48.3 Å². The molecule has 6 rings (SSSR count). The van der Waals surface area contributed by atoms with Gasteiger partial charge in [-0.1, -0.05) is 179 Å². The minimum absolute atomic E-state index is 0.305. The van der Waals surface area contributed by atoms with E-state index in [9.17, 15) is 19.2 Å². The predicted octanol–water partition coefficient (Wildman–Crippen LogP) is 18.3. The summed E-state index contributed by atoms with van der Waals surface area (Å²) in [5, 5.41) is 0. The molecule has 0 radical (unpaired) electrons. The number of carbonyl (C=O) groups is 4. The molecule has 420 valence electrons. The van der Waals surface area contributed by atoms with Crippen molar-refractivity contribution in [2.45, 2.75) is 174 Å². The molecule has 0 spiro atoms. The Morgan fingerprint density at radius 1 is 0.253 bits per heavy atom. The van der Waals surface area contributed by atoms with Gasteiger partial charge in [0.2, 0.25) is 0 Å². The quantitative estimate of drug-likeness (QED) is 0.0210. The van der Waals surface area contributed by atoms with E-state index in [0.29, 0.717) is 64.9 Å². The number of benzene rings is 6. The van der Waals surface area contributed by atoms with Gasteiger partial charge in [-0.05, 0) is 152 Å². The van der Waals surface area contributed by atoms with Gasteiger partial charge in [-0.3, -0.25) is 0 Å². The molecule has 0 fully saturated rings. The fourth-order valence-electron chi connectivity index (χ4n) is 9.21. The summed E-state index contributed by atoms with van der Waals surface area (Å²) < 4.78 is 34.2. The minimum Gasteiger partial charge on any atom is -0.494 e. The van der Waals surface area contributed by atoms with Crippen LogP contribution in [0.5, 0.6) is 34.5 Å². The van der Waals surface area contributed by atoms with Crippen molar-refractivity contribution in [1.82, 2.24) is 0 Å². The summed E-state index contributed by atoms with van der Waals surface area (Å²) in [6, 6.07) is 40.8. The van der Waals surface area contributed by atoms with Crippen LogP contribution in [0.4, 0.5) is 0 Å². The summed E-state index contributed by atoms with van der Waals surface area (Å²) in [4.78, 5) is 51.7. The van der Waals surface area contributed by atoms with Gasteiger partial charge in [0.05, 0.1) is 35.5 Å². The van der Waals surface area contributed by atoms with Crippen LogP contribution in [0.15, 0.2) is 146 Å². The molecule has 79 heavy (non-hydrogen) atoms. The Hall–Kier alpha value is -7.20. The van der Waals surface area contributed by atoms with E-state index in [-0.39, 0.29) is 0 Å². The molecule has 0 aromatic heterocycles. The van der Waals surface area contributed by atoms with E-state index in [1.807, 2.05) is 24.3 Å². The Kier molecular flexibility index (Phi) is 27.9. The van der Waals surface area contributed by atoms with Crippen molar-refractivity contribution in [3.63, 3.8) is 0 Å². The van der Waals surface area contributed by atoms with Crippen molar-refractivity contribution in [3.05, 3.63) is 179 Å². The topological polar surface area (TPSA) is 124 Å². The van der Waals surface area contributed by atoms with Gasteiger partial charge in [-0.2, -0.15) is 0 Å². The average molecular weight is 1070 g/mol. The first kappa shape index (κ1) is 61.0. The molecule has 10 heteroatoms. The molecule has 6 aromatic carbocycles. The van der Waals surface area contributed by atoms with E-state index >= 15 is 0 Å². The standard InChI is InChI=1S/C69H84O10/c1-3-5-7-9-11-13-15-17-19-21-23-25-51-74-60-43-31-56(32-44-60)66(70)78-64-47-35-58(36-48-64)68(72)76-62-39-27-54(28-40-62)53-55-29-41-63(42-30-55)77-69(73)59-37-49-65(50-38-59)79-67(71)57-33-45-61(46-34-57)75-52-26-24-22-20-18-16-14-12-10-8-6-4-2/h27-50H,3-26,51-53H2,1-2H3. The molecule has 10 nitrogen and oxygen atoms in total. The Labute approximate surface area is 470 Å². The molecule has 0 N–H and O–H groups in total. The molecule has 0 aliphatic heterocycles.